The monoisotopic (exact) mass is 638 g/mol. The first-order valence-corrected chi connectivity index (χ1v) is 14.5. The number of hydrogen-bond acceptors (Lipinski definition) is 10. The Morgan fingerprint density at radius 3 is 1.62 bits per heavy atom. The Labute approximate surface area is 271 Å². The number of carbonyl (C=O) groups excluding carboxylic acids is 2. The van der Waals surface area contributed by atoms with Gasteiger partial charge in [0.05, 0.1) is 41.1 Å². The molecule has 0 radical (unpaired) electrons. The normalized spacial score (nSPS) is 10.7. The first-order chi connectivity index (χ1) is 22.9. The number of ether oxygens (including phenoxy) is 7. The molecule has 0 aliphatic rings. The fraction of sp³-hybridized carbons (Fsp3) is 0.189. The Bertz CT molecular complexity index is 1900. The van der Waals surface area contributed by atoms with Crippen molar-refractivity contribution in [1.29, 1.82) is 0 Å². The highest BCUT2D eigenvalue weighted by molar-refractivity contribution is 6.20. The van der Waals surface area contributed by atoms with Crippen LogP contribution in [-0.4, -0.2) is 52.6 Å². The molecule has 0 unspecified atom stereocenters. The van der Waals surface area contributed by atoms with Crippen molar-refractivity contribution in [3.8, 4) is 45.6 Å². The van der Waals surface area contributed by atoms with Gasteiger partial charge in [0.1, 0.15) is 24.5 Å². The SMILES string of the molecule is COc1ccc(-c2c(C(=O)OCc3ccccc3)c(C(=O)OCc3ccccc3)c(O)c3cc(OC)c(OC)c(OC)c23)cc1OC. The number of esters is 2. The molecule has 0 heterocycles. The third-order valence-corrected chi connectivity index (χ3v) is 7.58. The predicted octanol–water partition coefficient (Wildman–Crippen LogP) is 6.97. The van der Waals surface area contributed by atoms with E-state index in [1.54, 1.807) is 42.5 Å². The van der Waals surface area contributed by atoms with E-state index < -0.39 is 23.3 Å². The molecule has 1 N–H and O–H groups in total. The van der Waals surface area contributed by atoms with Crippen LogP contribution in [-0.2, 0) is 22.7 Å². The number of phenolic OH excluding ortho intramolecular Hbond substituents is 1. The standard InChI is InChI=1S/C37H34O10/c1-41-26-17-16-24(18-27(26)42-2)29-30-25(19-28(43-3)34(44-4)35(30)45-5)33(38)32(37(40)47-21-23-14-10-7-11-15-23)31(29)36(39)46-20-22-12-8-6-9-13-22/h6-19,38H,20-21H2,1-5H3. The van der Waals surface area contributed by atoms with Crippen molar-refractivity contribution >= 4 is 22.7 Å². The Hall–Kier alpha value is -5.90. The van der Waals surface area contributed by atoms with E-state index in [2.05, 4.69) is 0 Å². The molecule has 0 fully saturated rings. The average molecular weight is 639 g/mol. The molecule has 10 nitrogen and oxygen atoms in total. The Kier molecular flexibility index (Phi) is 10.0. The van der Waals surface area contributed by atoms with Gasteiger partial charge in [-0.05, 0) is 34.9 Å². The summed E-state index contributed by atoms with van der Waals surface area (Å²) in [4.78, 5) is 28.3. The van der Waals surface area contributed by atoms with Gasteiger partial charge in [-0.1, -0.05) is 66.7 Å². The van der Waals surface area contributed by atoms with Gasteiger partial charge in [-0.25, -0.2) is 9.59 Å². The van der Waals surface area contributed by atoms with Crippen LogP contribution < -0.4 is 23.7 Å². The van der Waals surface area contributed by atoms with Crippen molar-refractivity contribution in [2.45, 2.75) is 13.2 Å². The molecule has 242 valence electrons. The summed E-state index contributed by atoms with van der Waals surface area (Å²) in [5, 5.41) is 12.3. The Morgan fingerprint density at radius 2 is 1.11 bits per heavy atom. The number of carbonyl (C=O) groups is 2. The van der Waals surface area contributed by atoms with Crippen LogP contribution in [0.15, 0.2) is 84.9 Å². The maximum atomic E-state index is 14.3. The van der Waals surface area contributed by atoms with Crippen LogP contribution >= 0.6 is 0 Å². The van der Waals surface area contributed by atoms with Gasteiger partial charge in [0.25, 0.3) is 0 Å². The van der Waals surface area contributed by atoms with Gasteiger partial charge in [0, 0.05) is 16.3 Å². The maximum Gasteiger partial charge on any atom is 0.343 e. The quantitative estimate of drug-likeness (QED) is 0.144. The average Bonchev–Trinajstić information content (AvgIpc) is 3.12. The van der Waals surface area contributed by atoms with Crippen LogP contribution in [0.5, 0.6) is 34.5 Å². The molecule has 0 saturated heterocycles. The number of phenols is 1. The Balaban J connectivity index is 1.86. The van der Waals surface area contributed by atoms with Crippen molar-refractivity contribution in [3.63, 3.8) is 0 Å². The molecule has 0 aromatic heterocycles. The minimum atomic E-state index is -0.949. The van der Waals surface area contributed by atoms with E-state index in [9.17, 15) is 14.7 Å². The highest BCUT2D eigenvalue weighted by Crippen LogP contribution is 2.52. The van der Waals surface area contributed by atoms with Gasteiger partial charge in [-0.15, -0.1) is 0 Å². The number of fused-ring (bicyclic) bond motifs is 1. The summed E-state index contributed by atoms with van der Waals surface area (Å²) in [5.41, 5.74) is 1.40. The molecule has 47 heavy (non-hydrogen) atoms. The zero-order valence-electron chi connectivity index (χ0n) is 26.6. The summed E-state index contributed by atoms with van der Waals surface area (Å²) < 4.78 is 39.6. The van der Waals surface area contributed by atoms with Crippen molar-refractivity contribution < 1.29 is 47.9 Å². The van der Waals surface area contributed by atoms with Crippen molar-refractivity contribution in [2.24, 2.45) is 0 Å². The van der Waals surface area contributed by atoms with Gasteiger partial charge in [0.2, 0.25) is 5.75 Å². The van der Waals surface area contributed by atoms with E-state index in [1.807, 2.05) is 36.4 Å². The summed E-state index contributed by atoms with van der Waals surface area (Å²) in [5.74, 6) is -1.03. The third-order valence-electron chi connectivity index (χ3n) is 7.58. The van der Waals surface area contributed by atoms with Crippen molar-refractivity contribution in [2.75, 3.05) is 35.5 Å². The maximum absolute atomic E-state index is 14.3. The lowest BCUT2D eigenvalue weighted by Crippen LogP contribution is -2.17. The summed E-state index contributed by atoms with van der Waals surface area (Å²) in [6, 6.07) is 24.6. The molecule has 5 aromatic carbocycles. The number of benzene rings is 5. The van der Waals surface area contributed by atoms with Crippen molar-refractivity contribution in [3.05, 3.63) is 107 Å². The van der Waals surface area contributed by atoms with Crippen LogP contribution in [0.25, 0.3) is 21.9 Å². The van der Waals surface area contributed by atoms with Crippen LogP contribution in [0.3, 0.4) is 0 Å². The summed E-state index contributed by atoms with van der Waals surface area (Å²) in [6.45, 7) is -0.220. The molecular weight excluding hydrogens is 604 g/mol. The van der Waals surface area contributed by atoms with E-state index in [1.165, 1.54) is 41.6 Å². The van der Waals surface area contributed by atoms with Crippen LogP contribution in [0.4, 0.5) is 0 Å². The molecule has 5 rings (SSSR count). The van der Waals surface area contributed by atoms with E-state index in [0.717, 1.165) is 5.56 Å². The number of aromatic hydroxyl groups is 1. The predicted molar refractivity (Wildman–Crippen MR) is 175 cm³/mol. The molecule has 0 saturated carbocycles. The van der Waals surface area contributed by atoms with Gasteiger partial charge in [0.15, 0.2) is 23.0 Å². The highest BCUT2D eigenvalue weighted by atomic mass is 16.5. The largest absolute Gasteiger partial charge is 0.506 e. The van der Waals surface area contributed by atoms with E-state index in [4.69, 9.17) is 33.2 Å². The highest BCUT2D eigenvalue weighted by Gasteiger charge is 2.34. The van der Waals surface area contributed by atoms with E-state index in [0.29, 0.717) is 22.6 Å². The third kappa shape index (κ3) is 6.44. The molecule has 10 heteroatoms. The smallest absolute Gasteiger partial charge is 0.343 e. The lowest BCUT2D eigenvalue weighted by atomic mass is 9.87. The van der Waals surface area contributed by atoms with E-state index in [-0.39, 0.29) is 52.4 Å². The fourth-order valence-electron chi connectivity index (χ4n) is 5.37. The minimum absolute atomic E-state index is 0.106. The second kappa shape index (κ2) is 14.5. The van der Waals surface area contributed by atoms with Gasteiger partial charge in [-0.3, -0.25) is 0 Å². The molecule has 0 aliphatic carbocycles. The molecule has 0 bridgehead atoms. The molecule has 5 aromatic rings. The molecule has 0 atom stereocenters. The summed E-state index contributed by atoms with van der Waals surface area (Å²) in [6.07, 6.45) is 0. The van der Waals surface area contributed by atoms with Gasteiger partial charge < -0.3 is 38.3 Å². The van der Waals surface area contributed by atoms with Gasteiger partial charge >= 0.3 is 11.9 Å². The van der Waals surface area contributed by atoms with Crippen LogP contribution in [0.2, 0.25) is 0 Å². The zero-order chi connectivity index (χ0) is 33.5. The summed E-state index contributed by atoms with van der Waals surface area (Å²) >= 11 is 0. The molecule has 0 spiro atoms. The van der Waals surface area contributed by atoms with Crippen molar-refractivity contribution in [1.82, 2.24) is 0 Å². The second-order valence-electron chi connectivity index (χ2n) is 10.2. The van der Waals surface area contributed by atoms with Gasteiger partial charge in [-0.2, -0.15) is 0 Å². The summed E-state index contributed by atoms with van der Waals surface area (Å²) in [7, 11) is 7.27. The number of hydrogen-bond donors (Lipinski definition) is 1. The number of rotatable bonds is 12. The minimum Gasteiger partial charge on any atom is -0.506 e. The van der Waals surface area contributed by atoms with Crippen LogP contribution in [0, 0.1) is 0 Å². The first-order valence-electron chi connectivity index (χ1n) is 14.5. The lowest BCUT2D eigenvalue weighted by Gasteiger charge is -2.23. The fourth-order valence-corrected chi connectivity index (χ4v) is 5.37. The number of methoxy groups -OCH3 is 5. The first kappa shape index (κ1) is 32.5. The molecule has 0 amide bonds. The van der Waals surface area contributed by atoms with Crippen LogP contribution in [0.1, 0.15) is 31.8 Å². The van der Waals surface area contributed by atoms with E-state index >= 15 is 0 Å². The second-order valence-corrected chi connectivity index (χ2v) is 10.2. The lowest BCUT2D eigenvalue weighted by molar-refractivity contribution is 0.0423. The molecular formula is C37H34O10. The molecule has 0 aliphatic heterocycles. The topological polar surface area (TPSA) is 119 Å². The zero-order valence-corrected chi connectivity index (χ0v) is 26.6. The Morgan fingerprint density at radius 1 is 0.574 bits per heavy atom.